The number of hydrogen-bond donors (Lipinski definition) is 2. The van der Waals surface area contributed by atoms with Gasteiger partial charge in [-0.3, -0.25) is 4.79 Å². The van der Waals surface area contributed by atoms with Crippen molar-refractivity contribution >= 4 is 34.8 Å². The van der Waals surface area contributed by atoms with Gasteiger partial charge in [0.15, 0.2) is 11.5 Å². The van der Waals surface area contributed by atoms with E-state index in [1.165, 1.54) is 12.1 Å². The summed E-state index contributed by atoms with van der Waals surface area (Å²) in [4.78, 5) is 12.2. The van der Waals surface area contributed by atoms with Crippen molar-refractivity contribution in [1.82, 2.24) is 0 Å². The molecule has 2 aromatic carbocycles. The number of hydrogen-bond acceptors (Lipinski definition) is 3. The molecule has 2 aromatic rings. The minimum absolute atomic E-state index is 0.0530. The first kappa shape index (κ1) is 15.5. The lowest BCUT2D eigenvalue weighted by Gasteiger charge is -2.10. The average Bonchev–Trinajstić information content (AvgIpc) is 2.43. The zero-order valence-electron chi connectivity index (χ0n) is 11.2. The zero-order chi connectivity index (χ0) is 15.4. The lowest BCUT2D eigenvalue weighted by molar-refractivity contribution is 0.102. The number of nitrogens with one attached hydrogen (secondary N) is 1. The van der Waals surface area contributed by atoms with E-state index in [0.717, 1.165) is 0 Å². The number of halogens is 2. The number of carbonyl (C=O) groups is 1. The van der Waals surface area contributed by atoms with Gasteiger partial charge >= 0.3 is 0 Å². The Morgan fingerprint density at radius 2 is 2.05 bits per heavy atom. The molecule has 0 aromatic heterocycles. The molecule has 2 rings (SSSR count). The van der Waals surface area contributed by atoms with Crippen molar-refractivity contribution < 1.29 is 14.6 Å². The Morgan fingerprint density at radius 1 is 1.29 bits per heavy atom. The highest BCUT2D eigenvalue weighted by molar-refractivity contribution is 6.33. The van der Waals surface area contributed by atoms with E-state index in [1.54, 1.807) is 31.2 Å². The van der Waals surface area contributed by atoms with Crippen molar-refractivity contribution in [3.8, 4) is 11.5 Å². The molecule has 110 valence electrons. The molecular formula is C15H13Cl2NO3. The Kier molecular flexibility index (Phi) is 4.94. The monoisotopic (exact) mass is 325 g/mol. The summed E-state index contributed by atoms with van der Waals surface area (Å²) in [6.45, 7) is 2.12. The lowest BCUT2D eigenvalue weighted by atomic mass is 10.1. The maximum absolute atomic E-state index is 12.2. The summed E-state index contributed by atoms with van der Waals surface area (Å²) in [5.41, 5.74) is 0.843. The Bertz CT molecular complexity index is 674. The molecular weight excluding hydrogens is 313 g/mol. The highest BCUT2D eigenvalue weighted by Crippen LogP contribution is 2.35. The maximum Gasteiger partial charge on any atom is 0.255 e. The number of carbonyl (C=O) groups excluding carboxylic acids is 1. The van der Waals surface area contributed by atoms with Crippen LogP contribution in [0, 0.1) is 0 Å². The number of phenols is 1. The summed E-state index contributed by atoms with van der Waals surface area (Å²) in [6, 6.07) is 9.60. The van der Waals surface area contributed by atoms with Gasteiger partial charge in [0.2, 0.25) is 0 Å². The number of benzene rings is 2. The standard InChI is InChI=1S/C15H13Cl2NO3/c1-2-21-13-7-9(6-12(17)14(13)19)15(20)18-11-5-3-4-10(16)8-11/h3-8,19H,2H2,1H3,(H,18,20). The first-order chi connectivity index (χ1) is 10.0. The molecule has 0 bridgehead atoms. The smallest absolute Gasteiger partial charge is 0.255 e. The van der Waals surface area contributed by atoms with E-state index >= 15 is 0 Å². The maximum atomic E-state index is 12.2. The minimum atomic E-state index is -0.375. The number of anilines is 1. The van der Waals surface area contributed by atoms with Gasteiger partial charge < -0.3 is 15.2 Å². The molecule has 1 amide bonds. The molecule has 0 fully saturated rings. The molecule has 0 aliphatic rings. The predicted octanol–water partition coefficient (Wildman–Crippen LogP) is 4.35. The molecule has 4 nitrogen and oxygen atoms in total. The summed E-state index contributed by atoms with van der Waals surface area (Å²) in [5.74, 6) is -0.390. The average molecular weight is 326 g/mol. The molecule has 0 spiro atoms. The first-order valence-corrected chi connectivity index (χ1v) is 6.99. The second-order valence-corrected chi connectivity index (χ2v) is 5.05. The van der Waals surface area contributed by atoms with E-state index in [2.05, 4.69) is 5.32 Å². The van der Waals surface area contributed by atoms with Crippen molar-refractivity contribution in [3.05, 3.63) is 52.0 Å². The largest absolute Gasteiger partial charge is 0.503 e. The van der Waals surface area contributed by atoms with Crippen LogP contribution in [0.15, 0.2) is 36.4 Å². The third kappa shape index (κ3) is 3.80. The van der Waals surface area contributed by atoms with E-state index < -0.39 is 0 Å². The van der Waals surface area contributed by atoms with Gasteiger partial charge in [0.1, 0.15) is 0 Å². The van der Waals surface area contributed by atoms with E-state index in [4.69, 9.17) is 27.9 Å². The van der Waals surface area contributed by atoms with E-state index in [-0.39, 0.29) is 28.0 Å². The summed E-state index contributed by atoms with van der Waals surface area (Å²) >= 11 is 11.8. The third-order valence-corrected chi connectivity index (χ3v) is 3.20. The minimum Gasteiger partial charge on any atom is -0.503 e. The van der Waals surface area contributed by atoms with Crippen LogP contribution in [0.3, 0.4) is 0 Å². The van der Waals surface area contributed by atoms with Crippen LogP contribution in [0.2, 0.25) is 10.0 Å². The fourth-order valence-electron chi connectivity index (χ4n) is 1.74. The van der Waals surface area contributed by atoms with E-state index in [1.807, 2.05) is 0 Å². The molecule has 0 aliphatic heterocycles. The summed E-state index contributed by atoms with van der Waals surface area (Å²) in [6.07, 6.45) is 0. The SMILES string of the molecule is CCOc1cc(C(=O)Nc2cccc(Cl)c2)cc(Cl)c1O. The van der Waals surface area contributed by atoms with Gasteiger partial charge in [0, 0.05) is 16.3 Å². The van der Waals surface area contributed by atoms with Crippen LogP contribution in [-0.2, 0) is 0 Å². The first-order valence-electron chi connectivity index (χ1n) is 6.23. The topological polar surface area (TPSA) is 58.6 Å². The molecule has 2 N–H and O–H groups in total. The molecule has 0 heterocycles. The van der Waals surface area contributed by atoms with Gasteiger partial charge in [-0.15, -0.1) is 0 Å². The van der Waals surface area contributed by atoms with Crippen molar-refractivity contribution in [3.63, 3.8) is 0 Å². The van der Waals surface area contributed by atoms with E-state index in [9.17, 15) is 9.90 Å². The van der Waals surface area contributed by atoms with Crippen LogP contribution in [0.4, 0.5) is 5.69 Å². The highest BCUT2D eigenvalue weighted by atomic mass is 35.5. The molecule has 0 aliphatic carbocycles. The molecule has 0 radical (unpaired) electrons. The molecule has 0 atom stereocenters. The molecule has 0 saturated carbocycles. The third-order valence-electron chi connectivity index (χ3n) is 2.67. The Hall–Kier alpha value is -1.91. The summed E-state index contributed by atoms with van der Waals surface area (Å²) < 4.78 is 5.24. The Balaban J connectivity index is 2.27. The Labute approximate surface area is 132 Å². The van der Waals surface area contributed by atoms with Crippen molar-refractivity contribution in [2.24, 2.45) is 0 Å². The number of phenolic OH excluding ortho intramolecular Hbond substituents is 1. The quantitative estimate of drug-likeness (QED) is 0.878. The van der Waals surface area contributed by atoms with Crippen LogP contribution in [0.5, 0.6) is 11.5 Å². The van der Waals surface area contributed by atoms with Gasteiger partial charge in [-0.2, -0.15) is 0 Å². The summed E-state index contributed by atoms with van der Waals surface area (Å²) in [5, 5.41) is 13.0. The normalized spacial score (nSPS) is 10.2. The van der Waals surface area contributed by atoms with Gasteiger partial charge in [-0.05, 0) is 37.3 Å². The van der Waals surface area contributed by atoms with Gasteiger partial charge in [-0.25, -0.2) is 0 Å². The van der Waals surface area contributed by atoms with Crippen molar-refractivity contribution in [2.45, 2.75) is 6.92 Å². The van der Waals surface area contributed by atoms with Crippen LogP contribution in [0.25, 0.3) is 0 Å². The van der Waals surface area contributed by atoms with Crippen LogP contribution < -0.4 is 10.1 Å². The summed E-state index contributed by atoms with van der Waals surface area (Å²) in [7, 11) is 0. The fourth-order valence-corrected chi connectivity index (χ4v) is 2.14. The van der Waals surface area contributed by atoms with Crippen LogP contribution in [-0.4, -0.2) is 17.6 Å². The fraction of sp³-hybridized carbons (Fsp3) is 0.133. The van der Waals surface area contributed by atoms with Crippen molar-refractivity contribution in [2.75, 3.05) is 11.9 Å². The second kappa shape index (κ2) is 6.70. The highest BCUT2D eigenvalue weighted by Gasteiger charge is 2.14. The van der Waals surface area contributed by atoms with Crippen LogP contribution >= 0.6 is 23.2 Å². The van der Waals surface area contributed by atoms with Crippen molar-refractivity contribution in [1.29, 1.82) is 0 Å². The number of rotatable bonds is 4. The molecule has 0 unspecified atom stereocenters. The number of aromatic hydroxyl groups is 1. The molecule has 0 saturated heterocycles. The van der Waals surface area contributed by atoms with E-state index in [0.29, 0.717) is 17.3 Å². The predicted molar refractivity (Wildman–Crippen MR) is 83.7 cm³/mol. The number of amides is 1. The molecule has 6 heteroatoms. The van der Waals surface area contributed by atoms with Crippen LogP contribution in [0.1, 0.15) is 17.3 Å². The Morgan fingerprint density at radius 3 is 2.71 bits per heavy atom. The lowest BCUT2D eigenvalue weighted by Crippen LogP contribution is -2.12. The van der Waals surface area contributed by atoms with Gasteiger partial charge in [0.25, 0.3) is 5.91 Å². The van der Waals surface area contributed by atoms with Gasteiger partial charge in [-0.1, -0.05) is 29.3 Å². The second-order valence-electron chi connectivity index (χ2n) is 4.20. The van der Waals surface area contributed by atoms with Gasteiger partial charge in [0.05, 0.1) is 11.6 Å². The molecule has 21 heavy (non-hydrogen) atoms. The number of ether oxygens (including phenoxy) is 1. The zero-order valence-corrected chi connectivity index (χ0v) is 12.7.